The summed E-state index contributed by atoms with van der Waals surface area (Å²) in [6.45, 7) is 0.731. The Morgan fingerprint density at radius 1 is 1.23 bits per heavy atom. The van der Waals surface area contributed by atoms with Gasteiger partial charge in [-0.25, -0.2) is 4.39 Å². The number of carbonyl (C=O) groups excluding carboxylic acids is 1. The predicted molar refractivity (Wildman–Crippen MR) is 82.9 cm³/mol. The number of benzene rings is 2. The van der Waals surface area contributed by atoms with Crippen molar-refractivity contribution in [1.82, 2.24) is 5.32 Å². The van der Waals surface area contributed by atoms with Gasteiger partial charge in [-0.1, -0.05) is 30.3 Å². The Hall–Kier alpha value is -2.66. The van der Waals surface area contributed by atoms with E-state index in [9.17, 15) is 9.18 Å². The minimum atomic E-state index is -0.643. The number of amides is 1. The van der Waals surface area contributed by atoms with E-state index in [1.165, 1.54) is 6.07 Å². The van der Waals surface area contributed by atoms with Gasteiger partial charge in [0.1, 0.15) is 0 Å². The summed E-state index contributed by atoms with van der Waals surface area (Å²) in [7, 11) is 1.86. The average molecular weight is 298 g/mol. The van der Waals surface area contributed by atoms with Crippen LogP contribution in [0.1, 0.15) is 15.9 Å². The van der Waals surface area contributed by atoms with Crippen LogP contribution in [0.3, 0.4) is 0 Å². The van der Waals surface area contributed by atoms with Crippen molar-refractivity contribution in [2.45, 2.75) is 6.54 Å². The van der Waals surface area contributed by atoms with Crippen LogP contribution in [0.4, 0.5) is 4.39 Å². The molecule has 1 aromatic heterocycles. The van der Waals surface area contributed by atoms with Gasteiger partial charge in [-0.15, -0.1) is 0 Å². The molecule has 3 N–H and O–H groups in total. The summed E-state index contributed by atoms with van der Waals surface area (Å²) >= 11 is 0. The lowest BCUT2D eigenvalue weighted by atomic mass is 10.1. The molecule has 0 atom stereocenters. The van der Waals surface area contributed by atoms with Gasteiger partial charge in [0.15, 0.2) is 17.2 Å². The van der Waals surface area contributed by atoms with Crippen molar-refractivity contribution in [3.8, 4) is 11.3 Å². The number of hydrogen-bond acceptors (Lipinski definition) is 3. The Balaban J connectivity index is 2.13. The van der Waals surface area contributed by atoms with Gasteiger partial charge in [0, 0.05) is 12.1 Å². The SMILES string of the molecule is CNCc1ccc(-c2oc3c(C(N)=O)cccc3c2F)cc1. The molecule has 112 valence electrons. The Morgan fingerprint density at radius 3 is 2.59 bits per heavy atom. The van der Waals surface area contributed by atoms with Crippen LogP contribution >= 0.6 is 0 Å². The van der Waals surface area contributed by atoms with Crippen LogP contribution in [-0.2, 0) is 6.54 Å². The molecule has 0 saturated carbocycles. The summed E-state index contributed by atoms with van der Waals surface area (Å²) in [6, 6.07) is 12.0. The summed E-state index contributed by atoms with van der Waals surface area (Å²) in [5, 5.41) is 3.30. The maximum absolute atomic E-state index is 14.5. The van der Waals surface area contributed by atoms with E-state index in [2.05, 4.69) is 5.32 Å². The van der Waals surface area contributed by atoms with Gasteiger partial charge in [0.25, 0.3) is 5.91 Å². The highest BCUT2D eigenvalue weighted by atomic mass is 19.1. The van der Waals surface area contributed by atoms with E-state index in [1.54, 1.807) is 24.3 Å². The number of para-hydroxylation sites is 1. The van der Waals surface area contributed by atoms with Crippen molar-refractivity contribution in [2.24, 2.45) is 5.73 Å². The molecule has 4 nitrogen and oxygen atoms in total. The summed E-state index contributed by atoms with van der Waals surface area (Å²) in [4.78, 5) is 11.4. The Kier molecular flexibility index (Phi) is 3.65. The lowest BCUT2D eigenvalue weighted by Gasteiger charge is -2.01. The van der Waals surface area contributed by atoms with Crippen molar-refractivity contribution < 1.29 is 13.6 Å². The van der Waals surface area contributed by atoms with Crippen molar-refractivity contribution in [3.05, 3.63) is 59.4 Å². The Labute approximate surface area is 126 Å². The fourth-order valence-corrected chi connectivity index (χ4v) is 2.45. The predicted octanol–water partition coefficient (Wildman–Crippen LogP) is 3.06. The van der Waals surface area contributed by atoms with E-state index in [0.29, 0.717) is 5.56 Å². The van der Waals surface area contributed by atoms with Crippen LogP contribution in [0.25, 0.3) is 22.3 Å². The van der Waals surface area contributed by atoms with Gasteiger partial charge in [-0.2, -0.15) is 0 Å². The summed E-state index contributed by atoms with van der Waals surface area (Å²) in [5.74, 6) is -1.02. The zero-order chi connectivity index (χ0) is 15.7. The third-order valence-electron chi connectivity index (χ3n) is 3.52. The molecule has 0 aliphatic rings. The van der Waals surface area contributed by atoms with E-state index >= 15 is 0 Å². The first-order chi connectivity index (χ1) is 10.6. The minimum Gasteiger partial charge on any atom is -0.452 e. The first-order valence-corrected chi connectivity index (χ1v) is 6.86. The third-order valence-corrected chi connectivity index (χ3v) is 3.52. The average Bonchev–Trinajstić information content (AvgIpc) is 2.85. The summed E-state index contributed by atoms with van der Waals surface area (Å²) in [5.41, 5.74) is 7.36. The first-order valence-electron chi connectivity index (χ1n) is 6.86. The molecule has 2 aromatic carbocycles. The molecule has 0 radical (unpaired) electrons. The van der Waals surface area contributed by atoms with Gasteiger partial charge in [-0.05, 0) is 24.7 Å². The van der Waals surface area contributed by atoms with Gasteiger partial charge >= 0.3 is 0 Å². The summed E-state index contributed by atoms with van der Waals surface area (Å²) in [6.07, 6.45) is 0. The highest BCUT2D eigenvalue weighted by molar-refractivity contribution is 6.05. The molecule has 1 heterocycles. The molecular weight excluding hydrogens is 283 g/mol. The molecule has 5 heteroatoms. The zero-order valence-electron chi connectivity index (χ0n) is 12.0. The fraction of sp³-hybridized carbons (Fsp3) is 0.118. The standard InChI is InChI=1S/C17H15FN2O2/c1-20-9-10-5-7-11(8-6-10)15-14(18)12-3-2-4-13(17(19)21)16(12)22-15/h2-8,20H,9H2,1H3,(H2,19,21). The molecule has 0 spiro atoms. The normalized spacial score (nSPS) is 11.0. The molecular formula is C17H15FN2O2. The van der Waals surface area contributed by atoms with Crippen molar-refractivity contribution >= 4 is 16.9 Å². The van der Waals surface area contributed by atoms with Gasteiger partial charge in [0.2, 0.25) is 0 Å². The molecule has 1 amide bonds. The highest BCUT2D eigenvalue weighted by Crippen LogP contribution is 2.33. The molecule has 0 saturated heterocycles. The van der Waals surface area contributed by atoms with E-state index in [0.717, 1.165) is 12.1 Å². The van der Waals surface area contributed by atoms with Crippen molar-refractivity contribution in [1.29, 1.82) is 0 Å². The second-order valence-corrected chi connectivity index (χ2v) is 5.02. The van der Waals surface area contributed by atoms with E-state index in [-0.39, 0.29) is 22.3 Å². The molecule has 0 aliphatic heterocycles. The van der Waals surface area contributed by atoms with Crippen LogP contribution in [0.2, 0.25) is 0 Å². The topological polar surface area (TPSA) is 68.3 Å². The highest BCUT2D eigenvalue weighted by Gasteiger charge is 2.19. The number of fused-ring (bicyclic) bond motifs is 1. The Bertz CT molecular complexity index is 838. The zero-order valence-corrected chi connectivity index (χ0v) is 12.0. The van der Waals surface area contributed by atoms with Crippen LogP contribution in [0.15, 0.2) is 46.9 Å². The molecule has 0 bridgehead atoms. The van der Waals surface area contributed by atoms with E-state index < -0.39 is 11.7 Å². The van der Waals surface area contributed by atoms with Gasteiger partial charge < -0.3 is 15.5 Å². The van der Waals surface area contributed by atoms with Crippen molar-refractivity contribution in [3.63, 3.8) is 0 Å². The second kappa shape index (κ2) is 5.61. The lowest BCUT2D eigenvalue weighted by molar-refractivity contribution is 0.100. The number of hydrogen-bond donors (Lipinski definition) is 2. The van der Waals surface area contributed by atoms with Crippen molar-refractivity contribution in [2.75, 3.05) is 7.05 Å². The maximum atomic E-state index is 14.5. The number of rotatable bonds is 4. The largest absolute Gasteiger partial charge is 0.452 e. The molecule has 0 unspecified atom stereocenters. The quantitative estimate of drug-likeness (QED) is 0.778. The lowest BCUT2D eigenvalue weighted by Crippen LogP contribution is -2.10. The van der Waals surface area contributed by atoms with E-state index in [1.807, 2.05) is 19.2 Å². The molecule has 0 aliphatic carbocycles. The molecule has 3 aromatic rings. The van der Waals surface area contributed by atoms with Crippen LogP contribution in [-0.4, -0.2) is 13.0 Å². The second-order valence-electron chi connectivity index (χ2n) is 5.02. The number of nitrogens with two attached hydrogens (primary N) is 1. The molecule has 0 fully saturated rings. The number of carbonyl (C=O) groups is 1. The van der Waals surface area contributed by atoms with E-state index in [4.69, 9.17) is 10.2 Å². The maximum Gasteiger partial charge on any atom is 0.252 e. The van der Waals surface area contributed by atoms with Crippen LogP contribution in [0, 0.1) is 5.82 Å². The smallest absolute Gasteiger partial charge is 0.252 e. The fourth-order valence-electron chi connectivity index (χ4n) is 2.45. The Morgan fingerprint density at radius 2 is 1.95 bits per heavy atom. The number of furan rings is 1. The van der Waals surface area contributed by atoms with Gasteiger partial charge in [-0.3, -0.25) is 4.79 Å². The third kappa shape index (κ3) is 2.35. The minimum absolute atomic E-state index is 0.111. The van der Waals surface area contributed by atoms with Gasteiger partial charge in [0.05, 0.1) is 10.9 Å². The molecule has 22 heavy (non-hydrogen) atoms. The summed E-state index contributed by atoms with van der Waals surface area (Å²) < 4.78 is 20.1. The van der Waals surface area contributed by atoms with Crippen LogP contribution < -0.4 is 11.1 Å². The number of primary amides is 1. The monoisotopic (exact) mass is 298 g/mol. The number of halogens is 1. The first kappa shape index (κ1) is 14.3. The number of nitrogens with one attached hydrogen (secondary N) is 1. The van der Waals surface area contributed by atoms with Crippen LogP contribution in [0.5, 0.6) is 0 Å². The molecule has 3 rings (SSSR count).